The van der Waals surface area contributed by atoms with Crippen molar-refractivity contribution in [2.24, 2.45) is 0 Å². The summed E-state index contributed by atoms with van der Waals surface area (Å²) in [4.78, 5) is 0. The van der Waals surface area contributed by atoms with Gasteiger partial charge < -0.3 is 5.32 Å². The number of aryl methyl sites for hydroxylation is 1. The molecule has 1 aliphatic heterocycles. The lowest BCUT2D eigenvalue weighted by molar-refractivity contribution is 0.592. The highest BCUT2D eigenvalue weighted by molar-refractivity contribution is 6.22. The summed E-state index contributed by atoms with van der Waals surface area (Å²) in [5.41, 5.74) is 2.45. The van der Waals surface area contributed by atoms with Gasteiger partial charge in [-0.05, 0) is 18.1 Å². The second kappa shape index (κ2) is 4.81. The fourth-order valence-electron chi connectivity index (χ4n) is 1.85. The zero-order valence-electron chi connectivity index (χ0n) is 8.91. The largest absolute Gasteiger partial charge is 0.311 e. The van der Waals surface area contributed by atoms with E-state index in [0.717, 1.165) is 26.1 Å². The Hall–Kier alpha value is -0.800. The smallest absolute Gasteiger partial charge is 0.0652 e. The average molecular weight is 226 g/mol. The van der Waals surface area contributed by atoms with Crippen LogP contribution in [0.3, 0.4) is 0 Å². The van der Waals surface area contributed by atoms with Gasteiger partial charge in [0.15, 0.2) is 0 Å². The van der Waals surface area contributed by atoms with Gasteiger partial charge in [-0.2, -0.15) is 5.10 Å². The van der Waals surface area contributed by atoms with Crippen molar-refractivity contribution >= 4 is 17.2 Å². The van der Waals surface area contributed by atoms with E-state index in [1.807, 2.05) is 10.9 Å². The number of halogens is 1. The van der Waals surface area contributed by atoms with Crippen LogP contribution in [0.5, 0.6) is 0 Å². The number of aromatic nitrogens is 2. The topological polar surface area (TPSA) is 29.9 Å². The highest BCUT2D eigenvalue weighted by Crippen LogP contribution is 2.18. The SMILES string of the molecule is CCCn1nccc1C1=CC(Cl)CNC1. The van der Waals surface area contributed by atoms with E-state index in [1.54, 1.807) is 0 Å². The molecule has 0 radical (unpaired) electrons. The lowest BCUT2D eigenvalue weighted by atomic mass is 10.1. The summed E-state index contributed by atoms with van der Waals surface area (Å²) in [6, 6.07) is 2.05. The van der Waals surface area contributed by atoms with Gasteiger partial charge in [0, 0.05) is 25.8 Å². The van der Waals surface area contributed by atoms with Gasteiger partial charge in [-0.15, -0.1) is 11.6 Å². The van der Waals surface area contributed by atoms with Gasteiger partial charge in [-0.1, -0.05) is 13.0 Å². The summed E-state index contributed by atoms with van der Waals surface area (Å²) in [6.45, 7) is 4.86. The molecule has 1 atom stereocenters. The third-order valence-electron chi connectivity index (χ3n) is 2.52. The summed E-state index contributed by atoms with van der Waals surface area (Å²) in [7, 11) is 0. The molecule has 3 nitrogen and oxygen atoms in total. The molecular weight excluding hydrogens is 210 g/mol. The Morgan fingerprint density at radius 1 is 1.67 bits per heavy atom. The van der Waals surface area contributed by atoms with E-state index in [0.29, 0.717) is 0 Å². The molecule has 15 heavy (non-hydrogen) atoms. The van der Waals surface area contributed by atoms with Crippen LogP contribution >= 0.6 is 11.6 Å². The first kappa shape index (κ1) is 10.7. The van der Waals surface area contributed by atoms with E-state index in [2.05, 4.69) is 29.5 Å². The van der Waals surface area contributed by atoms with Gasteiger partial charge in [0.25, 0.3) is 0 Å². The van der Waals surface area contributed by atoms with Crippen LogP contribution in [0.4, 0.5) is 0 Å². The normalized spacial score (nSPS) is 21.5. The van der Waals surface area contributed by atoms with Crippen molar-refractivity contribution in [1.29, 1.82) is 0 Å². The molecule has 0 saturated carbocycles. The van der Waals surface area contributed by atoms with Crippen LogP contribution in [0.25, 0.3) is 5.57 Å². The summed E-state index contributed by atoms with van der Waals surface area (Å²) >= 11 is 6.09. The Balaban J connectivity index is 2.24. The molecule has 1 unspecified atom stereocenters. The van der Waals surface area contributed by atoms with Crippen molar-refractivity contribution in [3.63, 3.8) is 0 Å². The monoisotopic (exact) mass is 225 g/mol. The minimum atomic E-state index is 0.0960. The lowest BCUT2D eigenvalue weighted by Gasteiger charge is -2.18. The van der Waals surface area contributed by atoms with Crippen LogP contribution in [-0.2, 0) is 6.54 Å². The maximum atomic E-state index is 6.09. The number of hydrogen-bond acceptors (Lipinski definition) is 2. The predicted molar refractivity (Wildman–Crippen MR) is 63.0 cm³/mol. The van der Waals surface area contributed by atoms with Crippen LogP contribution in [0.2, 0.25) is 0 Å². The molecule has 2 rings (SSSR count). The lowest BCUT2D eigenvalue weighted by Crippen LogP contribution is -2.29. The Morgan fingerprint density at radius 2 is 2.53 bits per heavy atom. The van der Waals surface area contributed by atoms with Crippen LogP contribution in [0.1, 0.15) is 19.0 Å². The number of hydrogen-bond donors (Lipinski definition) is 1. The van der Waals surface area contributed by atoms with Gasteiger partial charge in [0.1, 0.15) is 0 Å². The van der Waals surface area contributed by atoms with Gasteiger partial charge in [0.2, 0.25) is 0 Å². The average Bonchev–Trinajstić information content (AvgIpc) is 2.66. The molecule has 0 spiro atoms. The van der Waals surface area contributed by atoms with E-state index in [9.17, 15) is 0 Å². The summed E-state index contributed by atoms with van der Waals surface area (Å²) < 4.78 is 2.04. The maximum absolute atomic E-state index is 6.09. The van der Waals surface area contributed by atoms with Gasteiger partial charge in [0.05, 0.1) is 11.1 Å². The van der Waals surface area contributed by atoms with Crippen molar-refractivity contribution in [1.82, 2.24) is 15.1 Å². The maximum Gasteiger partial charge on any atom is 0.0652 e. The molecule has 0 fully saturated rings. The fourth-order valence-corrected chi connectivity index (χ4v) is 2.11. The Bertz CT molecular complexity index is 356. The molecule has 1 aliphatic rings. The quantitative estimate of drug-likeness (QED) is 0.797. The minimum Gasteiger partial charge on any atom is -0.311 e. The Labute approximate surface area is 95.1 Å². The van der Waals surface area contributed by atoms with Crippen LogP contribution in [0, 0.1) is 0 Å². The van der Waals surface area contributed by atoms with E-state index in [-0.39, 0.29) is 5.38 Å². The first-order chi connectivity index (χ1) is 7.31. The molecule has 0 saturated heterocycles. The molecule has 1 aromatic rings. The number of alkyl halides is 1. The molecule has 1 aromatic heterocycles. The van der Waals surface area contributed by atoms with Crippen molar-refractivity contribution < 1.29 is 0 Å². The van der Waals surface area contributed by atoms with Crippen molar-refractivity contribution in [3.05, 3.63) is 24.0 Å². The van der Waals surface area contributed by atoms with Crippen molar-refractivity contribution in [2.75, 3.05) is 13.1 Å². The van der Waals surface area contributed by atoms with Crippen molar-refractivity contribution in [2.45, 2.75) is 25.3 Å². The van der Waals surface area contributed by atoms with Gasteiger partial charge in [-0.25, -0.2) is 0 Å². The fraction of sp³-hybridized carbons (Fsp3) is 0.545. The Kier molecular flexibility index (Phi) is 3.44. The predicted octanol–water partition coefficient (Wildman–Crippen LogP) is 1.89. The molecule has 0 aromatic carbocycles. The zero-order valence-corrected chi connectivity index (χ0v) is 9.67. The first-order valence-corrected chi connectivity index (χ1v) is 5.82. The first-order valence-electron chi connectivity index (χ1n) is 5.39. The second-order valence-corrected chi connectivity index (χ2v) is 4.34. The molecule has 2 heterocycles. The standard InChI is InChI=1S/C11H16ClN3/c1-2-5-15-11(3-4-14-15)9-6-10(12)8-13-7-9/h3-4,6,10,13H,2,5,7-8H2,1H3. The highest BCUT2D eigenvalue weighted by atomic mass is 35.5. The van der Waals surface area contributed by atoms with E-state index in [1.165, 1.54) is 11.3 Å². The highest BCUT2D eigenvalue weighted by Gasteiger charge is 2.14. The van der Waals surface area contributed by atoms with Crippen molar-refractivity contribution in [3.8, 4) is 0 Å². The number of rotatable bonds is 3. The number of nitrogens with zero attached hydrogens (tertiary/aromatic N) is 2. The molecule has 1 N–H and O–H groups in total. The second-order valence-electron chi connectivity index (χ2n) is 3.78. The molecule has 0 bridgehead atoms. The summed E-state index contributed by atoms with van der Waals surface area (Å²) in [5, 5.41) is 7.71. The summed E-state index contributed by atoms with van der Waals surface area (Å²) in [6.07, 6.45) is 5.07. The minimum absolute atomic E-state index is 0.0960. The van der Waals surface area contributed by atoms with Crippen LogP contribution in [-0.4, -0.2) is 28.2 Å². The van der Waals surface area contributed by atoms with E-state index < -0.39 is 0 Å². The van der Waals surface area contributed by atoms with E-state index in [4.69, 9.17) is 11.6 Å². The number of nitrogens with one attached hydrogen (secondary N) is 1. The van der Waals surface area contributed by atoms with Crippen LogP contribution < -0.4 is 5.32 Å². The molecular formula is C11H16ClN3. The third kappa shape index (κ3) is 2.41. The Morgan fingerprint density at radius 3 is 3.27 bits per heavy atom. The molecule has 82 valence electrons. The van der Waals surface area contributed by atoms with Gasteiger partial charge >= 0.3 is 0 Å². The van der Waals surface area contributed by atoms with Crippen LogP contribution in [0.15, 0.2) is 18.3 Å². The molecule has 0 amide bonds. The molecule has 0 aliphatic carbocycles. The summed E-state index contributed by atoms with van der Waals surface area (Å²) in [5.74, 6) is 0. The van der Waals surface area contributed by atoms with E-state index >= 15 is 0 Å². The van der Waals surface area contributed by atoms with Gasteiger partial charge in [-0.3, -0.25) is 4.68 Å². The molecule has 4 heteroatoms. The zero-order chi connectivity index (χ0) is 10.7. The third-order valence-corrected chi connectivity index (χ3v) is 2.80.